The van der Waals surface area contributed by atoms with E-state index < -0.39 is 6.09 Å². The lowest BCUT2D eigenvalue weighted by Crippen LogP contribution is -2.11. The molecule has 1 heterocycles. The minimum atomic E-state index is -0.424. The normalized spacial score (nSPS) is 10.0. The van der Waals surface area contributed by atoms with Gasteiger partial charge in [0.15, 0.2) is 0 Å². The molecule has 80 valence electrons. The van der Waals surface area contributed by atoms with Gasteiger partial charge in [-0.15, -0.1) is 0 Å². The zero-order valence-corrected chi connectivity index (χ0v) is 8.80. The van der Waals surface area contributed by atoms with Crippen LogP contribution < -0.4 is 0 Å². The van der Waals surface area contributed by atoms with Crippen molar-refractivity contribution in [2.75, 3.05) is 6.61 Å². The van der Waals surface area contributed by atoms with Crippen molar-refractivity contribution in [2.45, 2.75) is 6.92 Å². The first-order valence-electron chi connectivity index (χ1n) is 4.95. The smallest absolute Gasteiger partial charge is 0.418 e. The molecule has 0 unspecified atom stereocenters. The third-order valence-corrected chi connectivity index (χ3v) is 2.32. The van der Waals surface area contributed by atoms with Gasteiger partial charge in [-0.05, 0) is 25.1 Å². The first-order valence-corrected chi connectivity index (χ1v) is 4.95. The van der Waals surface area contributed by atoms with Gasteiger partial charge in [-0.2, -0.15) is 5.26 Å². The third kappa shape index (κ3) is 1.52. The van der Waals surface area contributed by atoms with E-state index in [2.05, 4.69) is 6.07 Å². The number of hydrogen-bond donors (Lipinski definition) is 0. The summed E-state index contributed by atoms with van der Waals surface area (Å²) in [6.07, 6.45) is 1.19. The quantitative estimate of drug-likeness (QED) is 0.732. The van der Waals surface area contributed by atoms with E-state index in [9.17, 15) is 4.79 Å². The van der Waals surface area contributed by atoms with Gasteiger partial charge < -0.3 is 4.74 Å². The fourth-order valence-electron chi connectivity index (χ4n) is 1.62. The largest absolute Gasteiger partial charge is 0.449 e. The van der Waals surface area contributed by atoms with Crippen LogP contribution in [0.4, 0.5) is 4.79 Å². The Morgan fingerprint density at radius 2 is 2.31 bits per heavy atom. The predicted molar refractivity (Wildman–Crippen MR) is 59.1 cm³/mol. The molecular weight excluding hydrogens is 204 g/mol. The molecule has 2 aromatic rings. The lowest BCUT2D eigenvalue weighted by atomic mass is 10.1. The van der Waals surface area contributed by atoms with Crippen molar-refractivity contribution in [3.63, 3.8) is 0 Å². The number of carbonyl (C=O) groups is 1. The fraction of sp³-hybridized carbons (Fsp3) is 0.167. The molecule has 0 saturated heterocycles. The van der Waals surface area contributed by atoms with Crippen LogP contribution in [0.1, 0.15) is 12.5 Å². The van der Waals surface area contributed by atoms with Crippen molar-refractivity contribution in [3.8, 4) is 6.07 Å². The Morgan fingerprint density at radius 1 is 1.50 bits per heavy atom. The third-order valence-electron chi connectivity index (χ3n) is 2.32. The van der Waals surface area contributed by atoms with Gasteiger partial charge in [0.1, 0.15) is 0 Å². The van der Waals surface area contributed by atoms with Crippen molar-refractivity contribution in [1.29, 1.82) is 5.26 Å². The summed E-state index contributed by atoms with van der Waals surface area (Å²) in [5.74, 6) is 0. The standard InChI is InChI=1S/C12H10N2O2/c1-2-16-12(15)14-7-6-10-9(8-13)4-3-5-11(10)14/h3-7H,2H2,1H3. The molecule has 0 aliphatic carbocycles. The average molecular weight is 214 g/mol. The number of nitrogens with zero attached hydrogens (tertiary/aromatic N) is 2. The van der Waals surface area contributed by atoms with Gasteiger partial charge >= 0.3 is 6.09 Å². The van der Waals surface area contributed by atoms with E-state index in [0.29, 0.717) is 17.7 Å². The first kappa shape index (κ1) is 10.2. The Bertz CT molecular complexity index is 578. The molecule has 0 bridgehead atoms. The number of nitriles is 1. The molecule has 0 saturated carbocycles. The van der Waals surface area contributed by atoms with E-state index in [4.69, 9.17) is 10.00 Å². The van der Waals surface area contributed by atoms with Crippen LogP contribution in [0.2, 0.25) is 0 Å². The molecular formula is C12H10N2O2. The van der Waals surface area contributed by atoms with Crippen LogP contribution in [0.25, 0.3) is 10.9 Å². The van der Waals surface area contributed by atoms with E-state index in [-0.39, 0.29) is 0 Å². The Balaban J connectivity index is 2.58. The number of hydrogen-bond acceptors (Lipinski definition) is 3. The highest BCUT2D eigenvalue weighted by molar-refractivity contribution is 5.92. The van der Waals surface area contributed by atoms with Crippen molar-refractivity contribution in [2.24, 2.45) is 0 Å². The van der Waals surface area contributed by atoms with Gasteiger partial charge in [-0.25, -0.2) is 4.79 Å². The number of benzene rings is 1. The van der Waals surface area contributed by atoms with Crippen LogP contribution in [0.3, 0.4) is 0 Å². The second kappa shape index (κ2) is 4.07. The predicted octanol–water partition coefficient (Wildman–Crippen LogP) is 2.52. The monoisotopic (exact) mass is 214 g/mol. The highest BCUT2D eigenvalue weighted by atomic mass is 16.5. The number of carbonyl (C=O) groups excluding carboxylic acids is 1. The summed E-state index contributed by atoms with van der Waals surface area (Å²) in [6.45, 7) is 2.08. The number of fused-ring (bicyclic) bond motifs is 1. The Kier molecular flexibility index (Phi) is 2.61. The molecule has 0 atom stereocenters. The van der Waals surface area contributed by atoms with Gasteiger partial charge in [-0.1, -0.05) is 6.07 Å². The van der Waals surface area contributed by atoms with E-state index in [1.807, 2.05) is 0 Å². The van der Waals surface area contributed by atoms with E-state index >= 15 is 0 Å². The molecule has 0 fully saturated rings. The van der Waals surface area contributed by atoms with Crippen molar-refractivity contribution < 1.29 is 9.53 Å². The Labute approximate surface area is 92.7 Å². The average Bonchev–Trinajstić information content (AvgIpc) is 2.72. The summed E-state index contributed by atoms with van der Waals surface area (Å²) in [5, 5.41) is 9.67. The first-order chi connectivity index (χ1) is 7.77. The maximum atomic E-state index is 11.6. The molecule has 16 heavy (non-hydrogen) atoms. The summed E-state index contributed by atoms with van der Waals surface area (Å²) in [7, 11) is 0. The van der Waals surface area contributed by atoms with Crippen LogP contribution in [0.5, 0.6) is 0 Å². The molecule has 0 radical (unpaired) electrons. The van der Waals surface area contributed by atoms with Gasteiger partial charge in [-0.3, -0.25) is 4.57 Å². The maximum Gasteiger partial charge on any atom is 0.418 e. The van der Waals surface area contributed by atoms with Crippen LogP contribution in [0, 0.1) is 11.3 Å². The second-order valence-corrected chi connectivity index (χ2v) is 3.23. The van der Waals surface area contributed by atoms with Crippen molar-refractivity contribution >= 4 is 17.0 Å². The summed E-state index contributed by atoms with van der Waals surface area (Å²) in [4.78, 5) is 11.6. The van der Waals surface area contributed by atoms with Crippen LogP contribution >= 0.6 is 0 Å². The SMILES string of the molecule is CCOC(=O)n1ccc2c(C#N)cccc21. The number of ether oxygens (including phenoxy) is 1. The summed E-state index contributed by atoms with van der Waals surface area (Å²) in [5.41, 5.74) is 1.25. The second-order valence-electron chi connectivity index (χ2n) is 3.23. The van der Waals surface area contributed by atoms with Gasteiger partial charge in [0, 0.05) is 11.6 Å². The zero-order valence-electron chi connectivity index (χ0n) is 8.80. The Morgan fingerprint density at radius 3 is 3.00 bits per heavy atom. The molecule has 1 aromatic heterocycles. The maximum absolute atomic E-state index is 11.6. The lowest BCUT2D eigenvalue weighted by molar-refractivity contribution is 0.155. The minimum absolute atomic E-state index is 0.330. The minimum Gasteiger partial charge on any atom is -0.449 e. The zero-order chi connectivity index (χ0) is 11.5. The molecule has 0 amide bonds. The molecule has 4 heteroatoms. The van der Waals surface area contributed by atoms with Gasteiger partial charge in [0.25, 0.3) is 0 Å². The van der Waals surface area contributed by atoms with Gasteiger partial charge in [0.2, 0.25) is 0 Å². The van der Waals surface area contributed by atoms with E-state index in [1.54, 1.807) is 37.4 Å². The highest BCUT2D eigenvalue weighted by Gasteiger charge is 2.10. The van der Waals surface area contributed by atoms with Crippen LogP contribution in [0.15, 0.2) is 30.5 Å². The van der Waals surface area contributed by atoms with E-state index in [0.717, 1.165) is 5.39 Å². The molecule has 2 rings (SSSR count). The highest BCUT2D eigenvalue weighted by Crippen LogP contribution is 2.19. The van der Waals surface area contributed by atoms with Gasteiger partial charge in [0.05, 0.1) is 23.8 Å². The topological polar surface area (TPSA) is 55.0 Å². The summed E-state index contributed by atoms with van der Waals surface area (Å²) >= 11 is 0. The van der Waals surface area contributed by atoms with Crippen molar-refractivity contribution in [1.82, 2.24) is 4.57 Å². The van der Waals surface area contributed by atoms with Crippen molar-refractivity contribution in [3.05, 3.63) is 36.0 Å². The Hall–Kier alpha value is -2.28. The number of aromatic nitrogens is 1. The lowest BCUT2D eigenvalue weighted by Gasteiger charge is -2.03. The molecule has 0 N–H and O–H groups in total. The molecule has 0 spiro atoms. The number of rotatable bonds is 1. The molecule has 4 nitrogen and oxygen atoms in total. The fourth-order valence-corrected chi connectivity index (χ4v) is 1.62. The van der Waals surface area contributed by atoms with Crippen LogP contribution in [-0.4, -0.2) is 17.3 Å². The summed E-state index contributed by atoms with van der Waals surface area (Å²) in [6, 6.07) is 9.08. The molecule has 0 aliphatic rings. The summed E-state index contributed by atoms with van der Waals surface area (Å²) < 4.78 is 6.31. The molecule has 1 aromatic carbocycles. The molecule has 0 aliphatic heterocycles. The van der Waals surface area contributed by atoms with E-state index in [1.165, 1.54) is 4.57 Å². The van der Waals surface area contributed by atoms with Crippen LogP contribution in [-0.2, 0) is 4.74 Å².